The van der Waals surface area contributed by atoms with E-state index >= 15 is 0 Å². The summed E-state index contributed by atoms with van der Waals surface area (Å²) in [6, 6.07) is 9.83. The lowest BCUT2D eigenvalue weighted by Crippen LogP contribution is -2.42. The molecule has 0 bridgehead atoms. The predicted octanol–water partition coefficient (Wildman–Crippen LogP) is 3.61. The number of hydrogen-bond donors (Lipinski definition) is 0. The van der Waals surface area contributed by atoms with Crippen LogP contribution >= 0.6 is 0 Å². The number of hydrogen-bond acceptors (Lipinski definition) is 2. The zero-order valence-corrected chi connectivity index (χ0v) is 14.4. The number of aromatic nitrogens is 2. The standard InChI is InChI=1S/C19H25N3O/c1-13-9-14(2)12-21(11-13)19(23)17-5-7-18(8-6-17)22-16(4)10-15(3)20-22/h5-8,10,13-14H,9,11-12H2,1-4H3. The van der Waals surface area contributed by atoms with Crippen LogP contribution in [0.25, 0.3) is 5.69 Å². The van der Waals surface area contributed by atoms with Crippen LogP contribution in [0.15, 0.2) is 30.3 Å². The Balaban J connectivity index is 1.79. The molecule has 2 aromatic rings. The van der Waals surface area contributed by atoms with Crippen LogP contribution in [0, 0.1) is 25.7 Å². The first-order valence-corrected chi connectivity index (χ1v) is 8.37. The molecule has 0 saturated carbocycles. The first kappa shape index (κ1) is 15.8. The lowest BCUT2D eigenvalue weighted by atomic mass is 9.91. The minimum Gasteiger partial charge on any atom is -0.338 e. The molecule has 3 rings (SSSR count). The van der Waals surface area contributed by atoms with Gasteiger partial charge in [-0.05, 0) is 62.4 Å². The van der Waals surface area contributed by atoms with Crippen LogP contribution in [0.4, 0.5) is 0 Å². The quantitative estimate of drug-likeness (QED) is 0.850. The molecular formula is C19H25N3O. The number of amides is 1. The maximum absolute atomic E-state index is 12.7. The van der Waals surface area contributed by atoms with E-state index in [9.17, 15) is 4.79 Å². The lowest BCUT2D eigenvalue weighted by Gasteiger charge is -2.35. The van der Waals surface area contributed by atoms with E-state index in [1.807, 2.05) is 47.7 Å². The fourth-order valence-electron chi connectivity index (χ4n) is 3.65. The number of piperidine rings is 1. The summed E-state index contributed by atoms with van der Waals surface area (Å²) >= 11 is 0. The summed E-state index contributed by atoms with van der Waals surface area (Å²) in [6.07, 6.45) is 1.21. The highest BCUT2D eigenvalue weighted by molar-refractivity contribution is 5.94. The van der Waals surface area contributed by atoms with Crippen LogP contribution in [0.1, 0.15) is 42.0 Å². The highest BCUT2D eigenvalue weighted by atomic mass is 16.2. The van der Waals surface area contributed by atoms with Crippen molar-refractivity contribution >= 4 is 5.91 Å². The van der Waals surface area contributed by atoms with Gasteiger partial charge in [0.05, 0.1) is 11.4 Å². The normalized spacial score (nSPS) is 21.5. The molecule has 23 heavy (non-hydrogen) atoms. The van der Waals surface area contributed by atoms with Crippen LogP contribution < -0.4 is 0 Å². The molecule has 1 aliphatic heterocycles. The average molecular weight is 311 g/mol. The third kappa shape index (κ3) is 3.31. The molecule has 1 aromatic carbocycles. The Morgan fingerprint density at radius 3 is 2.22 bits per heavy atom. The van der Waals surface area contributed by atoms with Crippen LogP contribution in [0.2, 0.25) is 0 Å². The third-order valence-electron chi connectivity index (χ3n) is 4.52. The molecular weight excluding hydrogens is 286 g/mol. The van der Waals surface area contributed by atoms with E-state index in [2.05, 4.69) is 25.0 Å². The molecule has 122 valence electrons. The van der Waals surface area contributed by atoms with Gasteiger partial charge in [0.1, 0.15) is 0 Å². The second-order valence-corrected chi connectivity index (χ2v) is 7.04. The fourth-order valence-corrected chi connectivity index (χ4v) is 3.65. The van der Waals surface area contributed by atoms with Crippen molar-refractivity contribution < 1.29 is 4.79 Å². The average Bonchev–Trinajstić information content (AvgIpc) is 2.84. The molecule has 0 spiro atoms. The van der Waals surface area contributed by atoms with Crippen LogP contribution in [-0.4, -0.2) is 33.7 Å². The minimum absolute atomic E-state index is 0.142. The summed E-state index contributed by atoms with van der Waals surface area (Å²) in [4.78, 5) is 14.7. The van der Waals surface area contributed by atoms with Gasteiger partial charge in [0.2, 0.25) is 0 Å². The van der Waals surface area contributed by atoms with Gasteiger partial charge in [-0.3, -0.25) is 4.79 Å². The molecule has 2 unspecified atom stereocenters. The van der Waals surface area contributed by atoms with Gasteiger partial charge in [-0.1, -0.05) is 13.8 Å². The summed E-state index contributed by atoms with van der Waals surface area (Å²) in [5.41, 5.74) is 3.85. The van der Waals surface area contributed by atoms with Gasteiger partial charge in [0.25, 0.3) is 5.91 Å². The predicted molar refractivity (Wildman–Crippen MR) is 91.9 cm³/mol. The van der Waals surface area contributed by atoms with Crippen molar-refractivity contribution in [3.8, 4) is 5.69 Å². The van der Waals surface area contributed by atoms with Crippen molar-refractivity contribution in [2.24, 2.45) is 11.8 Å². The van der Waals surface area contributed by atoms with Crippen molar-refractivity contribution in [2.45, 2.75) is 34.1 Å². The molecule has 4 nitrogen and oxygen atoms in total. The van der Waals surface area contributed by atoms with E-state index in [4.69, 9.17) is 0 Å². The Morgan fingerprint density at radius 2 is 1.70 bits per heavy atom. The number of carbonyl (C=O) groups excluding carboxylic acids is 1. The second kappa shape index (κ2) is 6.19. The molecule has 4 heteroatoms. The number of rotatable bonds is 2. The zero-order chi connectivity index (χ0) is 16.6. The van der Waals surface area contributed by atoms with Gasteiger partial charge in [0, 0.05) is 24.3 Å². The molecule has 0 aliphatic carbocycles. The van der Waals surface area contributed by atoms with Crippen molar-refractivity contribution in [3.05, 3.63) is 47.3 Å². The van der Waals surface area contributed by atoms with Crippen molar-refractivity contribution in [1.82, 2.24) is 14.7 Å². The van der Waals surface area contributed by atoms with E-state index in [0.29, 0.717) is 11.8 Å². The van der Waals surface area contributed by atoms with Gasteiger partial charge >= 0.3 is 0 Å². The Morgan fingerprint density at radius 1 is 1.09 bits per heavy atom. The highest BCUT2D eigenvalue weighted by Gasteiger charge is 2.26. The first-order chi connectivity index (χ1) is 10.9. The van der Waals surface area contributed by atoms with E-state index in [-0.39, 0.29) is 5.91 Å². The number of aryl methyl sites for hydroxylation is 2. The fraction of sp³-hybridized carbons (Fsp3) is 0.474. The van der Waals surface area contributed by atoms with E-state index in [1.165, 1.54) is 6.42 Å². The van der Waals surface area contributed by atoms with Crippen LogP contribution in [0.5, 0.6) is 0 Å². The Labute approximate surface area is 138 Å². The lowest BCUT2D eigenvalue weighted by molar-refractivity contribution is 0.0623. The Bertz CT molecular complexity index is 692. The highest BCUT2D eigenvalue weighted by Crippen LogP contribution is 2.23. The number of likely N-dealkylation sites (tertiary alicyclic amines) is 1. The molecule has 1 aromatic heterocycles. The zero-order valence-electron chi connectivity index (χ0n) is 14.4. The van der Waals surface area contributed by atoms with Gasteiger partial charge in [-0.25, -0.2) is 4.68 Å². The molecule has 1 aliphatic rings. The molecule has 0 N–H and O–H groups in total. The molecule has 1 amide bonds. The smallest absolute Gasteiger partial charge is 0.253 e. The number of carbonyl (C=O) groups is 1. The largest absolute Gasteiger partial charge is 0.338 e. The molecule has 0 radical (unpaired) electrons. The summed E-state index contributed by atoms with van der Waals surface area (Å²) in [7, 11) is 0. The van der Waals surface area contributed by atoms with Gasteiger partial charge in [-0.15, -0.1) is 0 Å². The SMILES string of the molecule is Cc1cc(C)n(-c2ccc(C(=O)N3CC(C)CC(C)C3)cc2)n1. The number of nitrogens with zero attached hydrogens (tertiary/aromatic N) is 3. The van der Waals surface area contributed by atoms with E-state index in [1.54, 1.807) is 0 Å². The summed E-state index contributed by atoms with van der Waals surface area (Å²) in [6.45, 7) is 10.2. The monoisotopic (exact) mass is 311 g/mol. The minimum atomic E-state index is 0.142. The van der Waals surface area contributed by atoms with E-state index < -0.39 is 0 Å². The Kier molecular flexibility index (Phi) is 4.24. The first-order valence-electron chi connectivity index (χ1n) is 8.37. The Hall–Kier alpha value is -2.10. The molecule has 2 atom stereocenters. The van der Waals surface area contributed by atoms with E-state index in [0.717, 1.165) is 35.7 Å². The van der Waals surface area contributed by atoms with Gasteiger partial charge in [0.15, 0.2) is 0 Å². The molecule has 2 heterocycles. The number of benzene rings is 1. The van der Waals surface area contributed by atoms with Gasteiger partial charge in [-0.2, -0.15) is 5.10 Å². The second-order valence-electron chi connectivity index (χ2n) is 7.04. The third-order valence-corrected chi connectivity index (χ3v) is 4.52. The van der Waals surface area contributed by atoms with Gasteiger partial charge < -0.3 is 4.90 Å². The maximum Gasteiger partial charge on any atom is 0.253 e. The maximum atomic E-state index is 12.7. The summed E-state index contributed by atoms with van der Waals surface area (Å²) in [5, 5.41) is 4.49. The summed E-state index contributed by atoms with van der Waals surface area (Å²) < 4.78 is 1.91. The molecule has 1 fully saturated rings. The topological polar surface area (TPSA) is 38.1 Å². The molecule has 1 saturated heterocycles. The van der Waals surface area contributed by atoms with Crippen molar-refractivity contribution in [3.63, 3.8) is 0 Å². The van der Waals surface area contributed by atoms with Crippen LogP contribution in [-0.2, 0) is 0 Å². The van der Waals surface area contributed by atoms with Crippen LogP contribution in [0.3, 0.4) is 0 Å². The summed E-state index contributed by atoms with van der Waals surface area (Å²) in [5.74, 6) is 1.30. The van der Waals surface area contributed by atoms with Crippen molar-refractivity contribution in [2.75, 3.05) is 13.1 Å². The van der Waals surface area contributed by atoms with Crippen molar-refractivity contribution in [1.29, 1.82) is 0 Å².